The number of hydrogen-bond donors (Lipinski definition) is 1. The van der Waals surface area contributed by atoms with E-state index in [4.69, 9.17) is 5.73 Å². The highest BCUT2D eigenvalue weighted by Crippen LogP contribution is 2.36. The Hall–Kier alpha value is -0.630. The summed E-state index contributed by atoms with van der Waals surface area (Å²) in [4.78, 5) is 1.26. The Morgan fingerprint density at radius 1 is 1.15 bits per heavy atom. The van der Waals surface area contributed by atoms with E-state index in [1.807, 2.05) is 23.9 Å². The quantitative estimate of drug-likeness (QED) is 0.729. The lowest BCUT2D eigenvalue weighted by Crippen LogP contribution is -1.95. The first kappa shape index (κ1) is 8.95. The van der Waals surface area contributed by atoms with Crippen LogP contribution in [-0.4, -0.2) is 5.25 Å². The van der Waals surface area contributed by atoms with Crippen molar-refractivity contribution in [2.45, 2.75) is 35.8 Å². The lowest BCUT2D eigenvalue weighted by atomic mass is 10.3. The zero-order valence-electron chi connectivity index (χ0n) is 7.70. The molecule has 0 heterocycles. The van der Waals surface area contributed by atoms with Gasteiger partial charge in [0.15, 0.2) is 0 Å². The molecule has 0 spiro atoms. The number of benzene rings is 1. The van der Waals surface area contributed by atoms with E-state index >= 15 is 0 Å². The van der Waals surface area contributed by atoms with Gasteiger partial charge in [0.05, 0.1) is 0 Å². The van der Waals surface area contributed by atoms with Crippen molar-refractivity contribution in [2.75, 3.05) is 5.73 Å². The van der Waals surface area contributed by atoms with Crippen LogP contribution in [0.2, 0.25) is 0 Å². The SMILES string of the molecule is Nc1ccccc1SC1CCCC1. The van der Waals surface area contributed by atoms with Crippen LogP contribution < -0.4 is 5.73 Å². The molecule has 13 heavy (non-hydrogen) atoms. The van der Waals surface area contributed by atoms with Gasteiger partial charge in [-0.15, -0.1) is 11.8 Å². The molecule has 0 aliphatic heterocycles. The van der Waals surface area contributed by atoms with Gasteiger partial charge in [-0.3, -0.25) is 0 Å². The third-order valence-corrected chi connectivity index (χ3v) is 3.95. The first-order valence-corrected chi connectivity index (χ1v) is 5.75. The molecule has 1 nitrogen and oxygen atoms in total. The van der Waals surface area contributed by atoms with Crippen molar-refractivity contribution in [3.05, 3.63) is 24.3 Å². The molecule has 0 saturated heterocycles. The van der Waals surface area contributed by atoms with Crippen LogP contribution in [0.1, 0.15) is 25.7 Å². The van der Waals surface area contributed by atoms with E-state index in [0.29, 0.717) is 0 Å². The molecule has 1 aliphatic carbocycles. The monoisotopic (exact) mass is 193 g/mol. The third-order valence-electron chi connectivity index (χ3n) is 2.51. The molecule has 70 valence electrons. The van der Waals surface area contributed by atoms with Crippen LogP contribution in [0.3, 0.4) is 0 Å². The smallest absolute Gasteiger partial charge is 0.0452 e. The molecular weight excluding hydrogens is 178 g/mol. The lowest BCUT2D eigenvalue weighted by molar-refractivity contribution is 0.886. The maximum Gasteiger partial charge on any atom is 0.0452 e. The second-order valence-electron chi connectivity index (χ2n) is 3.56. The normalized spacial score (nSPS) is 17.8. The zero-order valence-corrected chi connectivity index (χ0v) is 8.52. The predicted molar refractivity (Wildman–Crippen MR) is 59.0 cm³/mol. The fourth-order valence-corrected chi connectivity index (χ4v) is 3.06. The Morgan fingerprint density at radius 2 is 1.85 bits per heavy atom. The van der Waals surface area contributed by atoms with Gasteiger partial charge in [-0.05, 0) is 25.0 Å². The summed E-state index contributed by atoms with van der Waals surface area (Å²) in [7, 11) is 0. The standard InChI is InChI=1S/C11H15NS/c12-10-7-3-4-8-11(10)13-9-5-1-2-6-9/h3-4,7-9H,1-2,5-6,12H2. The number of para-hydroxylation sites is 1. The summed E-state index contributed by atoms with van der Waals surface area (Å²) in [5.74, 6) is 0. The Kier molecular flexibility index (Phi) is 2.79. The summed E-state index contributed by atoms with van der Waals surface area (Å²) >= 11 is 1.95. The average Bonchev–Trinajstić information content (AvgIpc) is 2.61. The second-order valence-corrected chi connectivity index (χ2v) is 4.90. The van der Waals surface area contributed by atoms with E-state index in [-0.39, 0.29) is 0 Å². The highest BCUT2D eigenvalue weighted by Gasteiger charge is 2.16. The number of anilines is 1. The van der Waals surface area contributed by atoms with Crippen molar-refractivity contribution in [3.63, 3.8) is 0 Å². The molecule has 2 N–H and O–H groups in total. The van der Waals surface area contributed by atoms with Gasteiger partial charge < -0.3 is 5.73 Å². The minimum Gasteiger partial charge on any atom is -0.398 e. The van der Waals surface area contributed by atoms with Gasteiger partial charge in [0, 0.05) is 15.8 Å². The maximum absolute atomic E-state index is 5.88. The van der Waals surface area contributed by atoms with E-state index in [1.165, 1.54) is 30.6 Å². The molecule has 0 aromatic heterocycles. The van der Waals surface area contributed by atoms with Crippen LogP contribution in [0.15, 0.2) is 29.2 Å². The van der Waals surface area contributed by atoms with E-state index in [2.05, 4.69) is 12.1 Å². The van der Waals surface area contributed by atoms with Gasteiger partial charge in [0.25, 0.3) is 0 Å². The number of nitrogens with two attached hydrogens (primary N) is 1. The van der Waals surface area contributed by atoms with Crippen LogP contribution in [0.4, 0.5) is 5.69 Å². The Morgan fingerprint density at radius 3 is 2.54 bits per heavy atom. The van der Waals surface area contributed by atoms with Crippen molar-refractivity contribution in [1.29, 1.82) is 0 Å². The number of thioether (sulfide) groups is 1. The van der Waals surface area contributed by atoms with Gasteiger partial charge >= 0.3 is 0 Å². The van der Waals surface area contributed by atoms with Crippen LogP contribution in [0.5, 0.6) is 0 Å². The Bertz CT molecular complexity index is 279. The molecule has 1 aliphatic rings. The lowest BCUT2D eigenvalue weighted by Gasteiger charge is -2.10. The van der Waals surface area contributed by atoms with Crippen molar-refractivity contribution >= 4 is 17.4 Å². The summed E-state index contributed by atoms with van der Waals surface area (Å²) in [5, 5.41) is 0.810. The van der Waals surface area contributed by atoms with Gasteiger partial charge in [-0.1, -0.05) is 25.0 Å². The number of nitrogen functional groups attached to an aromatic ring is 1. The largest absolute Gasteiger partial charge is 0.398 e. The molecule has 0 amide bonds. The van der Waals surface area contributed by atoms with Crippen molar-refractivity contribution < 1.29 is 0 Å². The van der Waals surface area contributed by atoms with E-state index in [9.17, 15) is 0 Å². The molecule has 1 aromatic carbocycles. The summed E-state index contributed by atoms with van der Waals surface area (Å²) in [6, 6.07) is 8.16. The molecule has 0 radical (unpaired) electrons. The van der Waals surface area contributed by atoms with Crippen LogP contribution >= 0.6 is 11.8 Å². The summed E-state index contributed by atoms with van der Waals surface area (Å²) < 4.78 is 0. The first-order valence-electron chi connectivity index (χ1n) is 4.87. The second kappa shape index (κ2) is 4.05. The van der Waals surface area contributed by atoms with Crippen molar-refractivity contribution in [2.24, 2.45) is 0 Å². The topological polar surface area (TPSA) is 26.0 Å². The average molecular weight is 193 g/mol. The minimum atomic E-state index is 0.810. The Labute approximate surface area is 83.7 Å². The van der Waals surface area contributed by atoms with Crippen LogP contribution in [0.25, 0.3) is 0 Å². The Balaban J connectivity index is 2.04. The van der Waals surface area contributed by atoms with Crippen LogP contribution in [0, 0.1) is 0 Å². The molecule has 0 bridgehead atoms. The molecular formula is C11H15NS. The van der Waals surface area contributed by atoms with Gasteiger partial charge in [0.1, 0.15) is 0 Å². The highest BCUT2D eigenvalue weighted by molar-refractivity contribution is 8.00. The van der Waals surface area contributed by atoms with Gasteiger partial charge in [-0.25, -0.2) is 0 Å². The molecule has 2 rings (SSSR count). The highest BCUT2D eigenvalue weighted by atomic mass is 32.2. The van der Waals surface area contributed by atoms with E-state index < -0.39 is 0 Å². The summed E-state index contributed by atoms with van der Waals surface area (Å²) in [6.07, 6.45) is 5.51. The molecule has 2 heteroatoms. The van der Waals surface area contributed by atoms with Gasteiger partial charge in [-0.2, -0.15) is 0 Å². The third kappa shape index (κ3) is 2.19. The molecule has 0 unspecified atom stereocenters. The minimum absolute atomic E-state index is 0.810. The fraction of sp³-hybridized carbons (Fsp3) is 0.455. The summed E-state index contributed by atoms with van der Waals surface area (Å²) in [6.45, 7) is 0. The fourth-order valence-electron chi connectivity index (χ4n) is 1.77. The molecule has 1 aromatic rings. The number of rotatable bonds is 2. The van der Waals surface area contributed by atoms with Gasteiger partial charge in [0.2, 0.25) is 0 Å². The maximum atomic E-state index is 5.88. The van der Waals surface area contributed by atoms with Crippen LogP contribution in [-0.2, 0) is 0 Å². The summed E-state index contributed by atoms with van der Waals surface area (Å²) in [5.41, 5.74) is 6.81. The molecule has 1 saturated carbocycles. The van der Waals surface area contributed by atoms with E-state index in [0.717, 1.165) is 10.9 Å². The van der Waals surface area contributed by atoms with Crippen molar-refractivity contribution in [1.82, 2.24) is 0 Å². The zero-order chi connectivity index (χ0) is 9.10. The van der Waals surface area contributed by atoms with Crippen molar-refractivity contribution in [3.8, 4) is 0 Å². The number of hydrogen-bond acceptors (Lipinski definition) is 2. The molecule has 0 atom stereocenters. The molecule has 1 fully saturated rings. The van der Waals surface area contributed by atoms with E-state index in [1.54, 1.807) is 0 Å². The first-order chi connectivity index (χ1) is 6.36. The predicted octanol–water partition coefficient (Wildman–Crippen LogP) is 3.30.